The molecule has 1 amide bonds. The summed E-state index contributed by atoms with van der Waals surface area (Å²) in [5, 5.41) is 19.9. The number of benzene rings is 1. The lowest BCUT2D eigenvalue weighted by Gasteiger charge is -2.35. The van der Waals surface area contributed by atoms with Crippen molar-refractivity contribution in [2.75, 3.05) is 31.1 Å². The molecule has 9 nitrogen and oxygen atoms in total. The maximum Gasteiger partial charge on any atom is 0.254 e. The van der Waals surface area contributed by atoms with Crippen molar-refractivity contribution in [1.29, 1.82) is 0 Å². The minimum Gasteiger partial charge on any atom is -0.352 e. The van der Waals surface area contributed by atoms with Crippen LogP contribution in [-0.4, -0.2) is 67.4 Å². The Bertz CT molecular complexity index is 995. The van der Waals surface area contributed by atoms with Gasteiger partial charge in [-0.15, -0.1) is 10.2 Å². The van der Waals surface area contributed by atoms with E-state index < -0.39 is 0 Å². The highest BCUT2D eigenvalue weighted by Crippen LogP contribution is 2.23. The summed E-state index contributed by atoms with van der Waals surface area (Å²) in [6, 6.07) is 9.53. The number of aromatic nitrogens is 6. The molecule has 0 radical (unpaired) electrons. The van der Waals surface area contributed by atoms with Gasteiger partial charge in [-0.05, 0) is 59.5 Å². The molecule has 3 aromatic rings. The molecular formula is C19H20N8O. The highest BCUT2D eigenvalue weighted by atomic mass is 16.2. The third-order valence-corrected chi connectivity index (χ3v) is 5.40. The Balaban J connectivity index is 1.27. The number of hydrogen-bond acceptors (Lipinski definition) is 7. The summed E-state index contributed by atoms with van der Waals surface area (Å²) in [6.07, 6.45) is 4.81. The van der Waals surface area contributed by atoms with Gasteiger partial charge in [0.15, 0.2) is 5.82 Å². The summed E-state index contributed by atoms with van der Waals surface area (Å²) < 4.78 is 1.54. The van der Waals surface area contributed by atoms with Crippen LogP contribution in [0.2, 0.25) is 0 Å². The number of fused-ring (bicyclic) bond motifs is 1. The van der Waals surface area contributed by atoms with Gasteiger partial charge in [0.2, 0.25) is 0 Å². The molecule has 0 bridgehead atoms. The Morgan fingerprint density at radius 3 is 2.71 bits per heavy atom. The SMILES string of the molecule is O=C(c1cccc(-n2cnnn2)c1)N1CCN(c2cc3c(nn2)CCC3)CC1. The highest BCUT2D eigenvalue weighted by molar-refractivity contribution is 5.95. The molecule has 1 aliphatic carbocycles. The first-order valence-electron chi connectivity index (χ1n) is 9.51. The number of hydrogen-bond donors (Lipinski definition) is 0. The molecule has 28 heavy (non-hydrogen) atoms. The van der Waals surface area contributed by atoms with E-state index in [0.29, 0.717) is 18.7 Å². The molecule has 1 saturated heterocycles. The summed E-state index contributed by atoms with van der Waals surface area (Å²) in [6.45, 7) is 2.83. The fraction of sp³-hybridized carbons (Fsp3) is 0.368. The molecule has 0 unspecified atom stereocenters. The normalized spacial score (nSPS) is 16.3. The first kappa shape index (κ1) is 16.8. The van der Waals surface area contributed by atoms with E-state index >= 15 is 0 Å². The number of aryl methyl sites for hydroxylation is 2. The number of piperazine rings is 1. The molecule has 2 aliphatic rings. The van der Waals surface area contributed by atoms with Crippen LogP contribution in [0.15, 0.2) is 36.7 Å². The number of anilines is 1. The second-order valence-electron chi connectivity index (χ2n) is 7.11. The molecule has 0 saturated carbocycles. The molecule has 1 aliphatic heterocycles. The van der Waals surface area contributed by atoms with Gasteiger partial charge in [-0.3, -0.25) is 4.79 Å². The van der Waals surface area contributed by atoms with Crippen molar-refractivity contribution in [2.24, 2.45) is 0 Å². The molecule has 2 aromatic heterocycles. The van der Waals surface area contributed by atoms with E-state index in [1.54, 1.807) is 4.68 Å². The number of amides is 1. The lowest BCUT2D eigenvalue weighted by Crippen LogP contribution is -2.49. The lowest BCUT2D eigenvalue weighted by atomic mass is 10.1. The van der Waals surface area contributed by atoms with E-state index in [0.717, 1.165) is 43.1 Å². The van der Waals surface area contributed by atoms with Crippen LogP contribution in [0.4, 0.5) is 5.82 Å². The average Bonchev–Trinajstić information content (AvgIpc) is 3.45. The van der Waals surface area contributed by atoms with Gasteiger partial charge >= 0.3 is 0 Å². The predicted octanol–water partition coefficient (Wildman–Crippen LogP) is 0.903. The van der Waals surface area contributed by atoms with Gasteiger partial charge in [0.1, 0.15) is 6.33 Å². The Hall–Kier alpha value is -3.36. The van der Waals surface area contributed by atoms with Crippen molar-refractivity contribution in [3.8, 4) is 5.69 Å². The van der Waals surface area contributed by atoms with Crippen molar-refractivity contribution in [3.05, 3.63) is 53.5 Å². The third-order valence-electron chi connectivity index (χ3n) is 5.40. The van der Waals surface area contributed by atoms with E-state index in [2.05, 4.69) is 36.7 Å². The molecule has 142 valence electrons. The maximum absolute atomic E-state index is 12.9. The molecule has 9 heteroatoms. The lowest BCUT2D eigenvalue weighted by molar-refractivity contribution is 0.0746. The molecule has 0 atom stereocenters. The summed E-state index contributed by atoms with van der Waals surface area (Å²) in [4.78, 5) is 17.0. The van der Waals surface area contributed by atoms with Gasteiger partial charge in [-0.1, -0.05) is 6.07 Å². The van der Waals surface area contributed by atoms with Crippen LogP contribution >= 0.6 is 0 Å². The maximum atomic E-state index is 12.9. The first-order chi connectivity index (χ1) is 13.8. The topological polar surface area (TPSA) is 92.9 Å². The van der Waals surface area contributed by atoms with Gasteiger partial charge in [-0.25, -0.2) is 4.68 Å². The minimum absolute atomic E-state index is 0.0228. The van der Waals surface area contributed by atoms with Gasteiger partial charge in [-0.2, -0.15) is 5.10 Å². The standard InChI is InChI=1S/C19H20N8O/c28-19(15-4-1-5-16(11-15)27-13-20-23-24-27)26-9-7-25(8-10-26)18-12-14-3-2-6-17(14)21-22-18/h1,4-5,11-13H,2-3,6-10H2. The van der Waals surface area contributed by atoms with Crippen LogP contribution in [-0.2, 0) is 12.8 Å². The second-order valence-corrected chi connectivity index (χ2v) is 7.11. The van der Waals surface area contributed by atoms with E-state index in [4.69, 9.17) is 0 Å². The number of nitrogens with zero attached hydrogens (tertiary/aromatic N) is 8. The fourth-order valence-electron chi connectivity index (χ4n) is 3.85. The monoisotopic (exact) mass is 376 g/mol. The van der Waals surface area contributed by atoms with Gasteiger partial charge in [0, 0.05) is 31.7 Å². The number of carbonyl (C=O) groups is 1. The van der Waals surface area contributed by atoms with E-state index in [-0.39, 0.29) is 5.91 Å². The van der Waals surface area contributed by atoms with Crippen LogP contribution in [0.5, 0.6) is 0 Å². The van der Waals surface area contributed by atoms with Crippen molar-refractivity contribution in [1.82, 2.24) is 35.3 Å². The Kier molecular flexibility index (Phi) is 4.19. The summed E-state index contributed by atoms with van der Waals surface area (Å²) in [5.74, 6) is 0.947. The molecule has 3 heterocycles. The Labute approximate surface area is 162 Å². The summed E-state index contributed by atoms with van der Waals surface area (Å²) >= 11 is 0. The highest BCUT2D eigenvalue weighted by Gasteiger charge is 2.24. The molecule has 5 rings (SSSR count). The Morgan fingerprint density at radius 1 is 1.00 bits per heavy atom. The molecule has 0 spiro atoms. The zero-order valence-electron chi connectivity index (χ0n) is 15.4. The third kappa shape index (κ3) is 3.08. The smallest absolute Gasteiger partial charge is 0.254 e. The quantitative estimate of drug-likeness (QED) is 0.670. The van der Waals surface area contributed by atoms with Crippen LogP contribution in [0.25, 0.3) is 5.69 Å². The van der Waals surface area contributed by atoms with Crippen LogP contribution < -0.4 is 4.90 Å². The summed E-state index contributed by atoms with van der Waals surface area (Å²) in [5.41, 5.74) is 3.87. The van der Waals surface area contributed by atoms with Crippen molar-refractivity contribution >= 4 is 11.7 Å². The molecule has 0 N–H and O–H groups in total. The molecular weight excluding hydrogens is 356 g/mol. The van der Waals surface area contributed by atoms with E-state index in [1.807, 2.05) is 29.2 Å². The van der Waals surface area contributed by atoms with Crippen LogP contribution in [0, 0.1) is 0 Å². The molecule has 1 aromatic carbocycles. The van der Waals surface area contributed by atoms with E-state index in [1.165, 1.54) is 18.3 Å². The zero-order valence-corrected chi connectivity index (χ0v) is 15.4. The molecule has 1 fully saturated rings. The van der Waals surface area contributed by atoms with Crippen molar-refractivity contribution in [2.45, 2.75) is 19.3 Å². The van der Waals surface area contributed by atoms with Crippen molar-refractivity contribution in [3.63, 3.8) is 0 Å². The van der Waals surface area contributed by atoms with Gasteiger partial charge in [0.25, 0.3) is 5.91 Å². The van der Waals surface area contributed by atoms with Crippen LogP contribution in [0.1, 0.15) is 28.0 Å². The largest absolute Gasteiger partial charge is 0.352 e. The fourth-order valence-corrected chi connectivity index (χ4v) is 3.85. The zero-order chi connectivity index (χ0) is 18.9. The van der Waals surface area contributed by atoms with Gasteiger partial charge in [0.05, 0.1) is 11.4 Å². The first-order valence-corrected chi connectivity index (χ1v) is 9.51. The van der Waals surface area contributed by atoms with Crippen molar-refractivity contribution < 1.29 is 4.79 Å². The summed E-state index contributed by atoms with van der Waals surface area (Å²) in [7, 11) is 0. The van der Waals surface area contributed by atoms with Gasteiger partial charge < -0.3 is 9.80 Å². The predicted molar refractivity (Wildman–Crippen MR) is 101 cm³/mol. The minimum atomic E-state index is 0.0228. The average molecular weight is 376 g/mol. The Morgan fingerprint density at radius 2 is 1.89 bits per heavy atom. The number of tetrazole rings is 1. The van der Waals surface area contributed by atoms with Crippen LogP contribution in [0.3, 0.4) is 0 Å². The second kappa shape index (κ2) is 6.99. The number of rotatable bonds is 3. The number of carbonyl (C=O) groups excluding carboxylic acids is 1. The van der Waals surface area contributed by atoms with E-state index in [9.17, 15) is 4.79 Å².